The largest absolute Gasteiger partial charge is 0.495 e. The van der Waals surface area contributed by atoms with Crippen LogP contribution in [-0.2, 0) is 11.2 Å². The lowest BCUT2D eigenvalue weighted by Crippen LogP contribution is -2.13. The van der Waals surface area contributed by atoms with E-state index in [1.165, 1.54) is 0 Å². The standard InChI is InChI=1S/C12H14N2O2/c1-7-9(6-11(13)15)8-4-3-5-10(16-2)12(8)14-7/h3-5,14H,6H2,1-2H3,(H2,13,15). The van der Waals surface area contributed by atoms with E-state index in [0.29, 0.717) is 0 Å². The summed E-state index contributed by atoms with van der Waals surface area (Å²) in [7, 11) is 1.62. The van der Waals surface area contributed by atoms with Crippen LogP contribution in [0.3, 0.4) is 0 Å². The van der Waals surface area contributed by atoms with Crippen LogP contribution in [-0.4, -0.2) is 18.0 Å². The molecule has 0 unspecified atom stereocenters. The number of benzene rings is 1. The van der Waals surface area contributed by atoms with E-state index in [-0.39, 0.29) is 12.3 Å². The topological polar surface area (TPSA) is 68.1 Å². The number of ether oxygens (including phenoxy) is 1. The van der Waals surface area contributed by atoms with Crippen molar-refractivity contribution in [2.75, 3.05) is 7.11 Å². The Morgan fingerprint density at radius 3 is 2.88 bits per heavy atom. The molecule has 1 aromatic carbocycles. The molecule has 3 N–H and O–H groups in total. The Bertz CT molecular complexity index is 543. The lowest BCUT2D eigenvalue weighted by Gasteiger charge is -2.01. The van der Waals surface area contributed by atoms with Gasteiger partial charge in [-0.05, 0) is 18.6 Å². The Labute approximate surface area is 93.4 Å². The SMILES string of the molecule is COc1cccc2c(CC(N)=O)c(C)[nH]c12. The van der Waals surface area contributed by atoms with Crippen LogP contribution in [0.25, 0.3) is 10.9 Å². The van der Waals surface area contributed by atoms with Gasteiger partial charge in [0, 0.05) is 11.1 Å². The molecular formula is C12H14N2O2. The number of hydrogen-bond donors (Lipinski definition) is 2. The summed E-state index contributed by atoms with van der Waals surface area (Å²) in [6, 6.07) is 5.74. The van der Waals surface area contributed by atoms with Crippen LogP contribution in [0.4, 0.5) is 0 Å². The van der Waals surface area contributed by atoms with Gasteiger partial charge < -0.3 is 15.5 Å². The predicted octanol–water partition coefficient (Wildman–Crippen LogP) is 1.51. The third kappa shape index (κ3) is 1.62. The van der Waals surface area contributed by atoms with Crippen LogP contribution in [0.15, 0.2) is 18.2 Å². The predicted molar refractivity (Wildman–Crippen MR) is 62.5 cm³/mol. The summed E-state index contributed by atoms with van der Waals surface area (Å²) >= 11 is 0. The van der Waals surface area contributed by atoms with Crippen LogP contribution in [0.2, 0.25) is 0 Å². The van der Waals surface area contributed by atoms with E-state index >= 15 is 0 Å². The lowest BCUT2D eigenvalue weighted by atomic mass is 10.1. The van der Waals surface area contributed by atoms with E-state index in [1.54, 1.807) is 7.11 Å². The summed E-state index contributed by atoms with van der Waals surface area (Å²) in [6.07, 6.45) is 0.249. The van der Waals surface area contributed by atoms with Crippen molar-refractivity contribution < 1.29 is 9.53 Å². The van der Waals surface area contributed by atoms with Crippen molar-refractivity contribution in [3.05, 3.63) is 29.5 Å². The molecule has 1 heterocycles. The van der Waals surface area contributed by atoms with Crippen LogP contribution >= 0.6 is 0 Å². The highest BCUT2D eigenvalue weighted by Crippen LogP contribution is 2.29. The fourth-order valence-electron chi connectivity index (χ4n) is 1.95. The number of rotatable bonds is 3. The first kappa shape index (κ1) is 10.5. The van der Waals surface area contributed by atoms with Crippen molar-refractivity contribution >= 4 is 16.8 Å². The molecule has 4 heteroatoms. The number of H-pyrrole nitrogens is 1. The summed E-state index contributed by atoms with van der Waals surface area (Å²) in [4.78, 5) is 14.2. The number of carbonyl (C=O) groups excluding carboxylic acids is 1. The summed E-state index contributed by atoms with van der Waals surface area (Å²) in [5, 5.41) is 0.996. The van der Waals surface area contributed by atoms with Gasteiger partial charge >= 0.3 is 0 Å². The minimum absolute atomic E-state index is 0.249. The minimum Gasteiger partial charge on any atom is -0.495 e. The molecule has 0 saturated heterocycles. The first-order valence-electron chi connectivity index (χ1n) is 5.06. The van der Waals surface area contributed by atoms with Crippen LogP contribution in [0, 0.1) is 6.92 Å². The molecule has 1 amide bonds. The molecule has 0 aliphatic rings. The number of aromatic nitrogens is 1. The van der Waals surface area contributed by atoms with E-state index in [2.05, 4.69) is 4.98 Å². The number of hydrogen-bond acceptors (Lipinski definition) is 2. The van der Waals surface area contributed by atoms with Crippen molar-refractivity contribution in [2.24, 2.45) is 5.73 Å². The maximum absolute atomic E-state index is 11.0. The van der Waals surface area contributed by atoms with E-state index in [4.69, 9.17) is 10.5 Å². The molecule has 84 valence electrons. The summed E-state index contributed by atoms with van der Waals surface area (Å²) < 4.78 is 5.25. The van der Waals surface area contributed by atoms with Crippen LogP contribution in [0.1, 0.15) is 11.3 Å². The molecule has 0 aliphatic carbocycles. The average molecular weight is 218 g/mol. The van der Waals surface area contributed by atoms with Gasteiger partial charge in [0.05, 0.1) is 19.0 Å². The molecule has 1 aromatic heterocycles. The number of nitrogens with two attached hydrogens (primary N) is 1. The Hall–Kier alpha value is -1.97. The fraction of sp³-hybridized carbons (Fsp3) is 0.250. The maximum Gasteiger partial charge on any atom is 0.221 e. The van der Waals surface area contributed by atoms with Gasteiger partial charge in [0.2, 0.25) is 5.91 Å². The Morgan fingerprint density at radius 1 is 1.50 bits per heavy atom. The number of fused-ring (bicyclic) bond motifs is 1. The minimum atomic E-state index is -0.327. The normalized spacial score (nSPS) is 10.6. The zero-order chi connectivity index (χ0) is 11.7. The molecule has 0 spiro atoms. The van der Waals surface area contributed by atoms with Crippen molar-refractivity contribution in [1.82, 2.24) is 4.98 Å². The van der Waals surface area contributed by atoms with Gasteiger partial charge in [-0.15, -0.1) is 0 Å². The average Bonchev–Trinajstić information content (AvgIpc) is 2.55. The number of methoxy groups -OCH3 is 1. The van der Waals surface area contributed by atoms with Gasteiger partial charge in [0.15, 0.2) is 0 Å². The van der Waals surface area contributed by atoms with Gasteiger partial charge in [-0.2, -0.15) is 0 Å². The smallest absolute Gasteiger partial charge is 0.221 e. The van der Waals surface area contributed by atoms with Crippen molar-refractivity contribution in [3.63, 3.8) is 0 Å². The van der Waals surface area contributed by atoms with Crippen molar-refractivity contribution in [1.29, 1.82) is 0 Å². The van der Waals surface area contributed by atoms with Crippen LogP contribution < -0.4 is 10.5 Å². The lowest BCUT2D eigenvalue weighted by molar-refractivity contribution is -0.117. The Kier molecular flexibility index (Phi) is 2.56. The third-order valence-corrected chi connectivity index (χ3v) is 2.69. The first-order valence-corrected chi connectivity index (χ1v) is 5.06. The van der Waals surface area contributed by atoms with Crippen molar-refractivity contribution in [3.8, 4) is 5.75 Å². The molecular weight excluding hydrogens is 204 g/mol. The van der Waals surface area contributed by atoms with Crippen molar-refractivity contribution in [2.45, 2.75) is 13.3 Å². The molecule has 0 aliphatic heterocycles. The Morgan fingerprint density at radius 2 is 2.25 bits per heavy atom. The van der Waals surface area contributed by atoms with E-state index < -0.39 is 0 Å². The molecule has 4 nitrogen and oxygen atoms in total. The van der Waals surface area contributed by atoms with E-state index in [0.717, 1.165) is 27.9 Å². The molecule has 0 radical (unpaired) electrons. The quantitative estimate of drug-likeness (QED) is 0.820. The zero-order valence-corrected chi connectivity index (χ0v) is 9.33. The Balaban J connectivity index is 2.66. The van der Waals surface area contributed by atoms with E-state index in [1.807, 2.05) is 25.1 Å². The zero-order valence-electron chi connectivity index (χ0n) is 9.33. The molecule has 0 atom stereocenters. The van der Waals surface area contributed by atoms with Gasteiger partial charge in [-0.25, -0.2) is 0 Å². The molecule has 0 bridgehead atoms. The monoisotopic (exact) mass is 218 g/mol. The van der Waals surface area contributed by atoms with Gasteiger partial charge in [-0.3, -0.25) is 4.79 Å². The molecule has 0 saturated carbocycles. The molecule has 2 rings (SSSR count). The molecule has 0 fully saturated rings. The number of aromatic amines is 1. The number of aryl methyl sites for hydroxylation is 1. The second-order valence-corrected chi connectivity index (χ2v) is 3.75. The third-order valence-electron chi connectivity index (χ3n) is 2.69. The molecule has 16 heavy (non-hydrogen) atoms. The van der Waals surface area contributed by atoms with Gasteiger partial charge in [0.1, 0.15) is 5.75 Å². The fourth-order valence-corrected chi connectivity index (χ4v) is 1.95. The highest BCUT2D eigenvalue weighted by Gasteiger charge is 2.12. The highest BCUT2D eigenvalue weighted by atomic mass is 16.5. The number of para-hydroxylation sites is 1. The van der Waals surface area contributed by atoms with E-state index in [9.17, 15) is 4.79 Å². The summed E-state index contributed by atoms with van der Waals surface area (Å²) in [5.74, 6) is 0.447. The van der Waals surface area contributed by atoms with Gasteiger partial charge in [-0.1, -0.05) is 12.1 Å². The second kappa shape index (κ2) is 3.89. The van der Waals surface area contributed by atoms with Crippen LogP contribution in [0.5, 0.6) is 5.75 Å². The number of carbonyl (C=O) groups is 1. The molecule has 2 aromatic rings. The maximum atomic E-state index is 11.0. The summed E-state index contributed by atoms with van der Waals surface area (Å²) in [5.41, 5.74) is 8.05. The number of amides is 1. The number of primary amides is 1. The summed E-state index contributed by atoms with van der Waals surface area (Å²) in [6.45, 7) is 1.93. The number of nitrogens with one attached hydrogen (secondary N) is 1. The highest BCUT2D eigenvalue weighted by molar-refractivity contribution is 5.92. The van der Waals surface area contributed by atoms with Gasteiger partial charge in [0.25, 0.3) is 0 Å². The second-order valence-electron chi connectivity index (χ2n) is 3.75. The first-order chi connectivity index (χ1) is 7.63.